The lowest BCUT2D eigenvalue weighted by atomic mass is 9.97. The SMILES string of the molecule is CC(CC(=O)NCCOCC(=O)O)c1ccc(F)cc1F. The highest BCUT2D eigenvalue weighted by molar-refractivity contribution is 5.76. The number of rotatable bonds is 8. The van der Waals surface area contributed by atoms with E-state index in [1.54, 1.807) is 6.92 Å². The molecule has 1 atom stereocenters. The van der Waals surface area contributed by atoms with Gasteiger partial charge in [0.2, 0.25) is 5.91 Å². The Morgan fingerprint density at radius 2 is 2.10 bits per heavy atom. The number of benzene rings is 1. The molecule has 0 fully saturated rings. The van der Waals surface area contributed by atoms with Crippen molar-refractivity contribution in [3.8, 4) is 0 Å². The number of nitrogens with one attached hydrogen (secondary N) is 1. The van der Waals surface area contributed by atoms with E-state index in [0.29, 0.717) is 0 Å². The van der Waals surface area contributed by atoms with Crippen molar-refractivity contribution in [2.75, 3.05) is 19.8 Å². The van der Waals surface area contributed by atoms with Crippen LogP contribution in [-0.4, -0.2) is 36.7 Å². The lowest BCUT2D eigenvalue weighted by molar-refractivity contribution is -0.142. The molecule has 7 heteroatoms. The van der Waals surface area contributed by atoms with E-state index in [9.17, 15) is 18.4 Å². The molecule has 1 aromatic carbocycles. The van der Waals surface area contributed by atoms with Gasteiger partial charge in [-0.05, 0) is 17.5 Å². The third-order valence-electron chi connectivity index (χ3n) is 2.78. The molecule has 1 unspecified atom stereocenters. The lowest BCUT2D eigenvalue weighted by Gasteiger charge is -2.13. The van der Waals surface area contributed by atoms with E-state index >= 15 is 0 Å². The van der Waals surface area contributed by atoms with Crippen molar-refractivity contribution in [3.05, 3.63) is 35.4 Å². The van der Waals surface area contributed by atoms with Gasteiger partial charge < -0.3 is 15.2 Å². The topological polar surface area (TPSA) is 75.6 Å². The second-order valence-electron chi connectivity index (χ2n) is 4.57. The summed E-state index contributed by atoms with van der Waals surface area (Å²) >= 11 is 0. The molecule has 0 saturated heterocycles. The zero-order valence-corrected chi connectivity index (χ0v) is 11.6. The number of hydrogen-bond donors (Lipinski definition) is 2. The molecular weight excluding hydrogens is 284 g/mol. The maximum atomic E-state index is 13.5. The number of amides is 1. The van der Waals surface area contributed by atoms with Crippen molar-refractivity contribution in [1.29, 1.82) is 0 Å². The van der Waals surface area contributed by atoms with E-state index in [0.717, 1.165) is 12.1 Å². The second kappa shape index (κ2) is 8.31. The third-order valence-corrected chi connectivity index (χ3v) is 2.78. The predicted octanol–water partition coefficient (Wildman–Crippen LogP) is 1.68. The van der Waals surface area contributed by atoms with E-state index in [2.05, 4.69) is 5.32 Å². The molecule has 0 bridgehead atoms. The van der Waals surface area contributed by atoms with Crippen LogP contribution in [0.2, 0.25) is 0 Å². The number of carbonyl (C=O) groups excluding carboxylic acids is 1. The number of ether oxygens (including phenoxy) is 1. The van der Waals surface area contributed by atoms with Crippen LogP contribution >= 0.6 is 0 Å². The summed E-state index contributed by atoms with van der Waals surface area (Å²) in [4.78, 5) is 21.8. The number of carbonyl (C=O) groups is 2. The van der Waals surface area contributed by atoms with Crippen LogP contribution in [0.3, 0.4) is 0 Å². The van der Waals surface area contributed by atoms with E-state index < -0.39 is 30.1 Å². The van der Waals surface area contributed by atoms with Crippen LogP contribution < -0.4 is 5.32 Å². The summed E-state index contributed by atoms with van der Waals surface area (Å²) in [6.45, 7) is 1.49. The average molecular weight is 301 g/mol. The van der Waals surface area contributed by atoms with Crippen LogP contribution in [0.1, 0.15) is 24.8 Å². The molecule has 116 valence electrons. The molecule has 1 aromatic rings. The van der Waals surface area contributed by atoms with E-state index in [4.69, 9.17) is 9.84 Å². The smallest absolute Gasteiger partial charge is 0.329 e. The van der Waals surface area contributed by atoms with Crippen molar-refractivity contribution in [2.45, 2.75) is 19.3 Å². The summed E-state index contributed by atoms with van der Waals surface area (Å²) in [6.07, 6.45) is 0.0431. The zero-order valence-electron chi connectivity index (χ0n) is 11.6. The van der Waals surface area contributed by atoms with Crippen molar-refractivity contribution >= 4 is 11.9 Å². The summed E-state index contributed by atoms with van der Waals surface area (Å²) in [5.41, 5.74) is 0.272. The maximum absolute atomic E-state index is 13.5. The van der Waals surface area contributed by atoms with Gasteiger partial charge >= 0.3 is 5.97 Å². The van der Waals surface area contributed by atoms with Gasteiger partial charge in [-0.2, -0.15) is 0 Å². The van der Waals surface area contributed by atoms with Gasteiger partial charge in [-0.3, -0.25) is 4.79 Å². The first-order valence-electron chi connectivity index (χ1n) is 6.41. The predicted molar refractivity (Wildman–Crippen MR) is 70.9 cm³/mol. The second-order valence-corrected chi connectivity index (χ2v) is 4.57. The highest BCUT2D eigenvalue weighted by atomic mass is 19.1. The first-order valence-corrected chi connectivity index (χ1v) is 6.41. The first kappa shape index (κ1) is 17.0. The molecule has 5 nitrogen and oxygen atoms in total. The largest absolute Gasteiger partial charge is 0.480 e. The quantitative estimate of drug-likeness (QED) is 0.716. The van der Waals surface area contributed by atoms with Gasteiger partial charge in [0.1, 0.15) is 18.2 Å². The molecule has 2 N–H and O–H groups in total. The monoisotopic (exact) mass is 301 g/mol. The maximum Gasteiger partial charge on any atom is 0.329 e. The molecule has 0 saturated carbocycles. The van der Waals surface area contributed by atoms with Crippen molar-refractivity contribution in [3.63, 3.8) is 0 Å². The summed E-state index contributed by atoms with van der Waals surface area (Å²) in [5, 5.41) is 10.9. The number of carboxylic acids is 1. The van der Waals surface area contributed by atoms with Crippen LogP contribution in [0.15, 0.2) is 18.2 Å². The Kier molecular flexibility index (Phi) is 6.74. The molecule has 0 aliphatic carbocycles. The Hall–Kier alpha value is -2.02. The van der Waals surface area contributed by atoms with Crippen LogP contribution in [0.25, 0.3) is 0 Å². The average Bonchev–Trinajstić information content (AvgIpc) is 2.37. The molecular formula is C14H17F2NO4. The van der Waals surface area contributed by atoms with Crippen LogP contribution in [0, 0.1) is 11.6 Å². The fraction of sp³-hybridized carbons (Fsp3) is 0.429. The Morgan fingerprint density at radius 3 is 2.71 bits per heavy atom. The van der Waals surface area contributed by atoms with Gasteiger partial charge in [0.15, 0.2) is 0 Å². The molecule has 1 rings (SSSR count). The highest BCUT2D eigenvalue weighted by Crippen LogP contribution is 2.22. The Bertz CT molecular complexity index is 508. The van der Waals surface area contributed by atoms with E-state index in [-0.39, 0.29) is 31.0 Å². The number of hydrogen-bond acceptors (Lipinski definition) is 3. The Morgan fingerprint density at radius 1 is 1.38 bits per heavy atom. The molecule has 21 heavy (non-hydrogen) atoms. The first-order chi connectivity index (χ1) is 9.90. The minimum Gasteiger partial charge on any atom is -0.480 e. The van der Waals surface area contributed by atoms with Gasteiger partial charge in [0.05, 0.1) is 6.61 Å². The molecule has 0 aromatic heterocycles. The number of halogens is 2. The summed E-state index contributed by atoms with van der Waals surface area (Å²) in [7, 11) is 0. The van der Waals surface area contributed by atoms with Gasteiger partial charge in [0, 0.05) is 19.0 Å². The van der Waals surface area contributed by atoms with Crippen LogP contribution in [0.4, 0.5) is 8.78 Å². The van der Waals surface area contributed by atoms with Crippen LogP contribution in [0.5, 0.6) is 0 Å². The third kappa shape index (κ3) is 6.31. The number of aliphatic carboxylic acids is 1. The van der Waals surface area contributed by atoms with E-state index in [1.807, 2.05) is 0 Å². The van der Waals surface area contributed by atoms with E-state index in [1.165, 1.54) is 6.07 Å². The molecule has 1 amide bonds. The fourth-order valence-electron chi connectivity index (χ4n) is 1.78. The standard InChI is InChI=1S/C14H17F2NO4/c1-9(11-3-2-10(15)7-12(11)16)6-13(18)17-4-5-21-8-14(19)20/h2-3,7,9H,4-6,8H2,1H3,(H,17,18)(H,19,20). The number of carboxylic acid groups (broad SMARTS) is 1. The van der Waals surface area contributed by atoms with Gasteiger partial charge in [-0.15, -0.1) is 0 Å². The van der Waals surface area contributed by atoms with Crippen molar-refractivity contribution in [1.82, 2.24) is 5.32 Å². The molecule has 0 aliphatic rings. The summed E-state index contributed by atoms with van der Waals surface area (Å²) in [6, 6.07) is 3.24. The normalized spacial score (nSPS) is 12.0. The minimum atomic E-state index is -1.08. The Labute approximate surface area is 120 Å². The minimum absolute atomic E-state index is 0.0431. The summed E-state index contributed by atoms with van der Waals surface area (Å²) < 4.78 is 31.1. The van der Waals surface area contributed by atoms with Crippen LogP contribution in [-0.2, 0) is 14.3 Å². The molecule has 0 aliphatic heterocycles. The Balaban J connectivity index is 2.35. The van der Waals surface area contributed by atoms with Crippen molar-refractivity contribution in [2.24, 2.45) is 0 Å². The van der Waals surface area contributed by atoms with Crippen molar-refractivity contribution < 1.29 is 28.2 Å². The lowest BCUT2D eigenvalue weighted by Crippen LogP contribution is -2.28. The molecule has 0 heterocycles. The molecule has 0 spiro atoms. The summed E-state index contributed by atoms with van der Waals surface area (Å²) in [5.74, 6) is -3.14. The van der Waals surface area contributed by atoms with Gasteiger partial charge in [-0.25, -0.2) is 13.6 Å². The highest BCUT2D eigenvalue weighted by Gasteiger charge is 2.15. The van der Waals surface area contributed by atoms with Gasteiger partial charge in [-0.1, -0.05) is 13.0 Å². The zero-order chi connectivity index (χ0) is 15.8. The molecule has 0 radical (unpaired) electrons. The fourth-order valence-corrected chi connectivity index (χ4v) is 1.78. The van der Waals surface area contributed by atoms with Gasteiger partial charge in [0.25, 0.3) is 0 Å².